The van der Waals surface area contributed by atoms with Crippen LogP contribution in [0.1, 0.15) is 30.3 Å². The summed E-state index contributed by atoms with van der Waals surface area (Å²) in [5.74, 6) is 2.44. The number of nitrogen functional groups attached to an aromatic ring is 1. The molecule has 0 aliphatic heterocycles. The number of anilines is 1. The molecule has 2 aromatic rings. The van der Waals surface area contributed by atoms with Gasteiger partial charge in [0.1, 0.15) is 17.4 Å². The van der Waals surface area contributed by atoms with Gasteiger partial charge < -0.3 is 10.5 Å². The summed E-state index contributed by atoms with van der Waals surface area (Å²) >= 11 is 0. The number of benzene rings is 1. The normalized spacial score (nSPS) is 10.5. The molecule has 0 saturated heterocycles. The van der Waals surface area contributed by atoms with Gasteiger partial charge in [0.15, 0.2) is 0 Å². The molecule has 4 heteroatoms. The lowest BCUT2D eigenvalue weighted by Gasteiger charge is -2.08. The maximum Gasteiger partial charge on any atom is 0.224 e. The van der Waals surface area contributed by atoms with Crippen molar-refractivity contribution >= 4 is 5.82 Å². The summed E-state index contributed by atoms with van der Waals surface area (Å²) in [6, 6.07) is 7.70. The van der Waals surface area contributed by atoms with Crippen molar-refractivity contribution < 1.29 is 4.74 Å². The number of aromatic nitrogens is 2. The van der Waals surface area contributed by atoms with Crippen LogP contribution in [0.3, 0.4) is 0 Å². The third-order valence-corrected chi connectivity index (χ3v) is 2.66. The molecule has 0 unspecified atom stereocenters. The fourth-order valence-electron chi connectivity index (χ4n) is 1.99. The zero-order valence-electron chi connectivity index (χ0n) is 11.6. The molecule has 0 atom stereocenters. The predicted molar refractivity (Wildman–Crippen MR) is 76.4 cm³/mol. The van der Waals surface area contributed by atoms with Crippen molar-refractivity contribution in [2.75, 3.05) is 5.73 Å². The van der Waals surface area contributed by atoms with Gasteiger partial charge in [0.2, 0.25) is 5.88 Å². The first-order chi connectivity index (χ1) is 9.06. The van der Waals surface area contributed by atoms with E-state index in [-0.39, 0.29) is 0 Å². The van der Waals surface area contributed by atoms with Crippen LogP contribution in [0.2, 0.25) is 0 Å². The Bertz CT molecular complexity index is 561. The fourth-order valence-corrected chi connectivity index (χ4v) is 1.99. The standard InChI is InChI=1S/C15H19N3O/c1-4-5-14-17-13(16)9-15(18-14)19-12-7-10(2)6-11(3)8-12/h6-9H,4-5H2,1-3H3,(H2,16,17,18). The van der Waals surface area contributed by atoms with Crippen LogP contribution >= 0.6 is 0 Å². The second-order valence-electron chi connectivity index (χ2n) is 4.72. The van der Waals surface area contributed by atoms with Gasteiger partial charge in [0.25, 0.3) is 0 Å². The molecule has 4 nitrogen and oxygen atoms in total. The van der Waals surface area contributed by atoms with Crippen LogP contribution in [0.5, 0.6) is 11.6 Å². The van der Waals surface area contributed by atoms with Crippen LogP contribution in [-0.4, -0.2) is 9.97 Å². The van der Waals surface area contributed by atoms with E-state index in [2.05, 4.69) is 23.0 Å². The largest absolute Gasteiger partial charge is 0.439 e. The smallest absolute Gasteiger partial charge is 0.224 e. The number of nitrogens with zero attached hydrogens (tertiary/aromatic N) is 2. The molecule has 2 rings (SSSR count). The number of hydrogen-bond acceptors (Lipinski definition) is 4. The molecule has 1 heterocycles. The molecular weight excluding hydrogens is 238 g/mol. The predicted octanol–water partition coefficient (Wildman–Crippen LogP) is 3.42. The van der Waals surface area contributed by atoms with Gasteiger partial charge in [-0.15, -0.1) is 0 Å². The number of aryl methyl sites for hydroxylation is 3. The molecule has 0 aliphatic carbocycles. The minimum atomic E-state index is 0.442. The summed E-state index contributed by atoms with van der Waals surface area (Å²) in [7, 11) is 0. The van der Waals surface area contributed by atoms with Gasteiger partial charge in [-0.1, -0.05) is 13.0 Å². The van der Waals surface area contributed by atoms with E-state index in [9.17, 15) is 0 Å². The Balaban J connectivity index is 2.27. The summed E-state index contributed by atoms with van der Waals surface area (Å²) in [5, 5.41) is 0. The molecule has 0 fully saturated rings. The van der Waals surface area contributed by atoms with E-state index in [1.807, 2.05) is 26.0 Å². The summed E-state index contributed by atoms with van der Waals surface area (Å²) in [4.78, 5) is 8.55. The maximum atomic E-state index is 5.78. The molecule has 0 bridgehead atoms. The van der Waals surface area contributed by atoms with Crippen LogP contribution < -0.4 is 10.5 Å². The van der Waals surface area contributed by atoms with Crippen molar-refractivity contribution in [1.29, 1.82) is 0 Å². The molecule has 19 heavy (non-hydrogen) atoms. The van der Waals surface area contributed by atoms with Gasteiger partial charge >= 0.3 is 0 Å². The third-order valence-electron chi connectivity index (χ3n) is 2.66. The molecule has 1 aromatic carbocycles. The Kier molecular flexibility index (Phi) is 4.00. The highest BCUT2D eigenvalue weighted by Crippen LogP contribution is 2.23. The van der Waals surface area contributed by atoms with E-state index in [0.29, 0.717) is 11.7 Å². The molecule has 0 radical (unpaired) electrons. The SMILES string of the molecule is CCCc1nc(N)cc(Oc2cc(C)cc(C)c2)n1. The zero-order chi connectivity index (χ0) is 13.8. The van der Waals surface area contributed by atoms with Crippen molar-refractivity contribution in [3.8, 4) is 11.6 Å². The number of nitrogens with two attached hydrogens (primary N) is 1. The Morgan fingerprint density at radius 3 is 2.37 bits per heavy atom. The summed E-state index contributed by atoms with van der Waals surface area (Å²) in [6.07, 6.45) is 1.78. The lowest BCUT2D eigenvalue weighted by Crippen LogP contribution is -2.01. The monoisotopic (exact) mass is 257 g/mol. The van der Waals surface area contributed by atoms with E-state index in [0.717, 1.165) is 35.5 Å². The lowest BCUT2D eigenvalue weighted by atomic mass is 10.1. The van der Waals surface area contributed by atoms with Crippen LogP contribution in [0.4, 0.5) is 5.82 Å². The Morgan fingerprint density at radius 1 is 1.05 bits per heavy atom. The average Bonchev–Trinajstić information content (AvgIpc) is 2.26. The second kappa shape index (κ2) is 5.69. The first kappa shape index (κ1) is 13.3. The van der Waals surface area contributed by atoms with Crippen molar-refractivity contribution in [2.45, 2.75) is 33.6 Å². The van der Waals surface area contributed by atoms with E-state index in [1.54, 1.807) is 6.07 Å². The number of ether oxygens (including phenoxy) is 1. The maximum absolute atomic E-state index is 5.78. The van der Waals surface area contributed by atoms with Crippen molar-refractivity contribution in [1.82, 2.24) is 9.97 Å². The first-order valence-electron chi connectivity index (χ1n) is 6.46. The molecule has 0 saturated carbocycles. The fraction of sp³-hybridized carbons (Fsp3) is 0.333. The summed E-state index contributed by atoms with van der Waals surface area (Å²) in [6.45, 7) is 6.16. The molecule has 0 amide bonds. The topological polar surface area (TPSA) is 61.0 Å². The van der Waals surface area contributed by atoms with E-state index >= 15 is 0 Å². The van der Waals surface area contributed by atoms with E-state index in [4.69, 9.17) is 10.5 Å². The Hall–Kier alpha value is -2.10. The molecule has 1 aromatic heterocycles. The van der Waals surface area contributed by atoms with Crippen molar-refractivity contribution in [2.24, 2.45) is 0 Å². The zero-order valence-corrected chi connectivity index (χ0v) is 11.6. The minimum absolute atomic E-state index is 0.442. The van der Waals surface area contributed by atoms with Crippen LogP contribution in [0.25, 0.3) is 0 Å². The molecule has 2 N–H and O–H groups in total. The highest BCUT2D eigenvalue weighted by atomic mass is 16.5. The van der Waals surface area contributed by atoms with Crippen molar-refractivity contribution in [3.63, 3.8) is 0 Å². The average molecular weight is 257 g/mol. The van der Waals surface area contributed by atoms with Gasteiger partial charge in [0.05, 0.1) is 0 Å². The summed E-state index contributed by atoms with van der Waals surface area (Å²) < 4.78 is 5.78. The minimum Gasteiger partial charge on any atom is -0.439 e. The van der Waals surface area contributed by atoms with Gasteiger partial charge in [0, 0.05) is 12.5 Å². The Labute approximate surface area is 113 Å². The summed E-state index contributed by atoms with van der Waals surface area (Å²) in [5.41, 5.74) is 8.09. The highest BCUT2D eigenvalue weighted by molar-refractivity contribution is 5.38. The van der Waals surface area contributed by atoms with E-state index < -0.39 is 0 Å². The van der Waals surface area contributed by atoms with Gasteiger partial charge in [-0.25, -0.2) is 4.98 Å². The number of rotatable bonds is 4. The highest BCUT2D eigenvalue weighted by Gasteiger charge is 2.05. The molecule has 100 valence electrons. The first-order valence-corrected chi connectivity index (χ1v) is 6.46. The van der Waals surface area contributed by atoms with Gasteiger partial charge in [-0.05, 0) is 43.5 Å². The third kappa shape index (κ3) is 3.68. The second-order valence-corrected chi connectivity index (χ2v) is 4.72. The van der Waals surface area contributed by atoms with Gasteiger partial charge in [-0.3, -0.25) is 0 Å². The number of hydrogen-bond donors (Lipinski definition) is 1. The van der Waals surface area contributed by atoms with Gasteiger partial charge in [-0.2, -0.15) is 4.98 Å². The molecular formula is C15H19N3O. The lowest BCUT2D eigenvalue weighted by molar-refractivity contribution is 0.458. The molecule has 0 spiro atoms. The van der Waals surface area contributed by atoms with Crippen LogP contribution in [0.15, 0.2) is 24.3 Å². The van der Waals surface area contributed by atoms with E-state index in [1.165, 1.54) is 0 Å². The van der Waals surface area contributed by atoms with Crippen molar-refractivity contribution in [3.05, 3.63) is 41.2 Å². The quantitative estimate of drug-likeness (QED) is 0.911. The van der Waals surface area contributed by atoms with Crippen LogP contribution in [-0.2, 0) is 6.42 Å². The molecule has 0 aliphatic rings. The Morgan fingerprint density at radius 2 is 1.74 bits per heavy atom. The van der Waals surface area contributed by atoms with Crippen LogP contribution in [0, 0.1) is 13.8 Å².